The Kier molecular flexibility index (Phi) is 4.71. The van der Waals surface area contributed by atoms with Crippen molar-refractivity contribution in [2.24, 2.45) is 17.1 Å². The SMILES string of the molecule is COc1ccc(C(CN)N2CCC(C(C)(C)C)C2)cc1. The Morgan fingerprint density at radius 3 is 2.40 bits per heavy atom. The lowest BCUT2D eigenvalue weighted by Gasteiger charge is -2.30. The van der Waals surface area contributed by atoms with Gasteiger partial charge in [0.05, 0.1) is 7.11 Å². The molecule has 0 saturated carbocycles. The van der Waals surface area contributed by atoms with Crippen molar-refractivity contribution in [3.05, 3.63) is 29.8 Å². The third-order valence-electron chi connectivity index (χ3n) is 4.61. The van der Waals surface area contributed by atoms with E-state index in [1.165, 1.54) is 12.0 Å². The molecule has 3 heteroatoms. The summed E-state index contributed by atoms with van der Waals surface area (Å²) in [7, 11) is 1.70. The highest BCUT2D eigenvalue weighted by molar-refractivity contribution is 5.29. The molecule has 1 heterocycles. The first-order chi connectivity index (χ1) is 9.45. The first-order valence-electron chi connectivity index (χ1n) is 7.53. The van der Waals surface area contributed by atoms with Crippen LogP contribution >= 0.6 is 0 Å². The van der Waals surface area contributed by atoms with Gasteiger partial charge in [-0.1, -0.05) is 32.9 Å². The molecular formula is C17H28N2O. The maximum Gasteiger partial charge on any atom is 0.118 e. The Morgan fingerprint density at radius 2 is 1.95 bits per heavy atom. The van der Waals surface area contributed by atoms with E-state index in [1.54, 1.807) is 7.11 Å². The van der Waals surface area contributed by atoms with Gasteiger partial charge in [0.25, 0.3) is 0 Å². The van der Waals surface area contributed by atoms with Crippen LogP contribution in [0.3, 0.4) is 0 Å². The fourth-order valence-electron chi connectivity index (χ4n) is 3.10. The van der Waals surface area contributed by atoms with Gasteiger partial charge < -0.3 is 10.5 Å². The number of likely N-dealkylation sites (tertiary alicyclic amines) is 1. The van der Waals surface area contributed by atoms with E-state index in [0.29, 0.717) is 18.0 Å². The first kappa shape index (κ1) is 15.3. The topological polar surface area (TPSA) is 38.5 Å². The van der Waals surface area contributed by atoms with Crippen molar-refractivity contribution in [2.45, 2.75) is 33.2 Å². The van der Waals surface area contributed by atoms with Gasteiger partial charge in [-0.3, -0.25) is 4.90 Å². The van der Waals surface area contributed by atoms with Crippen molar-refractivity contribution in [2.75, 3.05) is 26.7 Å². The number of nitrogens with zero attached hydrogens (tertiary/aromatic N) is 1. The Balaban J connectivity index is 2.09. The van der Waals surface area contributed by atoms with Crippen LogP contribution in [0.25, 0.3) is 0 Å². The maximum atomic E-state index is 6.04. The van der Waals surface area contributed by atoms with E-state index < -0.39 is 0 Å². The summed E-state index contributed by atoms with van der Waals surface area (Å²) in [5.41, 5.74) is 7.71. The van der Waals surface area contributed by atoms with E-state index in [4.69, 9.17) is 10.5 Å². The molecule has 1 aliphatic heterocycles. The van der Waals surface area contributed by atoms with Gasteiger partial charge in [-0.15, -0.1) is 0 Å². The summed E-state index contributed by atoms with van der Waals surface area (Å²) in [5, 5.41) is 0. The number of hydrogen-bond acceptors (Lipinski definition) is 3. The zero-order chi connectivity index (χ0) is 14.8. The van der Waals surface area contributed by atoms with E-state index in [9.17, 15) is 0 Å². The number of hydrogen-bond donors (Lipinski definition) is 1. The van der Waals surface area contributed by atoms with Crippen LogP contribution in [-0.2, 0) is 0 Å². The molecule has 0 spiro atoms. The van der Waals surface area contributed by atoms with Gasteiger partial charge in [-0.05, 0) is 42.0 Å². The highest BCUT2D eigenvalue weighted by Crippen LogP contribution is 2.37. The average Bonchev–Trinajstić information content (AvgIpc) is 2.90. The Bertz CT molecular complexity index is 422. The van der Waals surface area contributed by atoms with Crippen LogP contribution in [0.4, 0.5) is 0 Å². The van der Waals surface area contributed by atoms with Crippen molar-refractivity contribution >= 4 is 0 Å². The molecule has 3 nitrogen and oxygen atoms in total. The molecule has 1 aromatic rings. The molecule has 0 aliphatic carbocycles. The molecule has 20 heavy (non-hydrogen) atoms. The molecule has 1 fully saturated rings. The zero-order valence-electron chi connectivity index (χ0n) is 13.2. The summed E-state index contributed by atoms with van der Waals surface area (Å²) in [6.45, 7) is 9.99. The second-order valence-corrected chi connectivity index (χ2v) is 6.87. The average molecular weight is 276 g/mol. The van der Waals surface area contributed by atoms with Crippen LogP contribution in [0.2, 0.25) is 0 Å². The molecule has 2 rings (SSSR count). The van der Waals surface area contributed by atoms with Gasteiger partial charge in [-0.2, -0.15) is 0 Å². The van der Waals surface area contributed by atoms with E-state index in [-0.39, 0.29) is 0 Å². The molecule has 0 aromatic heterocycles. The van der Waals surface area contributed by atoms with Gasteiger partial charge in [0.15, 0.2) is 0 Å². The molecule has 1 saturated heterocycles. The van der Waals surface area contributed by atoms with E-state index >= 15 is 0 Å². The minimum absolute atomic E-state index is 0.327. The summed E-state index contributed by atoms with van der Waals surface area (Å²) in [6.07, 6.45) is 1.27. The van der Waals surface area contributed by atoms with Crippen molar-refractivity contribution in [1.82, 2.24) is 4.90 Å². The summed E-state index contributed by atoms with van der Waals surface area (Å²) >= 11 is 0. The molecule has 0 radical (unpaired) electrons. The number of ether oxygens (including phenoxy) is 1. The van der Waals surface area contributed by atoms with Gasteiger partial charge in [0.2, 0.25) is 0 Å². The van der Waals surface area contributed by atoms with Crippen molar-refractivity contribution in [3.8, 4) is 5.75 Å². The molecule has 0 bridgehead atoms. The second-order valence-electron chi connectivity index (χ2n) is 6.87. The number of methoxy groups -OCH3 is 1. The van der Waals surface area contributed by atoms with E-state index in [0.717, 1.165) is 24.8 Å². The summed E-state index contributed by atoms with van der Waals surface area (Å²) < 4.78 is 5.22. The number of benzene rings is 1. The molecule has 1 aromatic carbocycles. The highest BCUT2D eigenvalue weighted by Gasteiger charge is 2.34. The first-order valence-corrected chi connectivity index (χ1v) is 7.53. The van der Waals surface area contributed by atoms with Crippen LogP contribution in [0.1, 0.15) is 38.8 Å². The predicted molar refractivity (Wildman–Crippen MR) is 83.9 cm³/mol. The van der Waals surface area contributed by atoms with Crippen LogP contribution in [0.15, 0.2) is 24.3 Å². The third-order valence-corrected chi connectivity index (χ3v) is 4.61. The Hall–Kier alpha value is -1.06. The van der Waals surface area contributed by atoms with Crippen molar-refractivity contribution in [1.29, 1.82) is 0 Å². The normalized spacial score (nSPS) is 21.9. The molecule has 1 aliphatic rings. The zero-order valence-corrected chi connectivity index (χ0v) is 13.2. The molecule has 0 amide bonds. The Labute approximate surface area is 123 Å². The van der Waals surface area contributed by atoms with Gasteiger partial charge in [0.1, 0.15) is 5.75 Å². The minimum atomic E-state index is 0.327. The molecule has 2 unspecified atom stereocenters. The fourth-order valence-corrected chi connectivity index (χ4v) is 3.10. The lowest BCUT2D eigenvalue weighted by atomic mass is 9.80. The van der Waals surface area contributed by atoms with Crippen LogP contribution in [0, 0.1) is 11.3 Å². The minimum Gasteiger partial charge on any atom is -0.497 e. The third kappa shape index (κ3) is 3.33. The standard InChI is InChI=1S/C17H28N2O/c1-17(2,3)14-9-10-19(12-14)16(11-18)13-5-7-15(20-4)8-6-13/h5-8,14,16H,9-12,18H2,1-4H3. The molecule has 2 atom stereocenters. The van der Waals surface area contributed by atoms with Crippen LogP contribution in [-0.4, -0.2) is 31.6 Å². The van der Waals surface area contributed by atoms with Crippen LogP contribution < -0.4 is 10.5 Å². The van der Waals surface area contributed by atoms with E-state index in [1.807, 2.05) is 12.1 Å². The van der Waals surface area contributed by atoms with E-state index in [2.05, 4.69) is 37.8 Å². The number of nitrogens with two attached hydrogens (primary N) is 1. The lowest BCUT2D eigenvalue weighted by molar-refractivity contribution is 0.197. The smallest absolute Gasteiger partial charge is 0.118 e. The fraction of sp³-hybridized carbons (Fsp3) is 0.647. The van der Waals surface area contributed by atoms with Gasteiger partial charge in [0, 0.05) is 19.1 Å². The highest BCUT2D eigenvalue weighted by atomic mass is 16.5. The Morgan fingerprint density at radius 1 is 1.30 bits per heavy atom. The monoisotopic (exact) mass is 276 g/mol. The summed E-state index contributed by atoms with van der Waals surface area (Å²) in [5.74, 6) is 1.66. The van der Waals surface area contributed by atoms with Crippen molar-refractivity contribution in [3.63, 3.8) is 0 Å². The lowest BCUT2D eigenvalue weighted by Crippen LogP contribution is -2.33. The maximum absolute atomic E-state index is 6.04. The second kappa shape index (κ2) is 6.15. The quantitative estimate of drug-likeness (QED) is 0.918. The van der Waals surface area contributed by atoms with Crippen molar-refractivity contribution < 1.29 is 4.74 Å². The molecular weight excluding hydrogens is 248 g/mol. The van der Waals surface area contributed by atoms with Crippen LogP contribution in [0.5, 0.6) is 5.75 Å². The van der Waals surface area contributed by atoms with Gasteiger partial charge in [-0.25, -0.2) is 0 Å². The van der Waals surface area contributed by atoms with Gasteiger partial charge >= 0.3 is 0 Å². The largest absolute Gasteiger partial charge is 0.497 e. The predicted octanol–water partition coefficient (Wildman–Crippen LogP) is 3.06. The molecule has 112 valence electrons. The summed E-state index contributed by atoms with van der Waals surface area (Å²) in [6, 6.07) is 8.65. The number of rotatable bonds is 4. The summed E-state index contributed by atoms with van der Waals surface area (Å²) in [4.78, 5) is 2.54. The molecule has 2 N–H and O–H groups in total.